The summed E-state index contributed by atoms with van der Waals surface area (Å²) in [6.07, 6.45) is 2.01. The third-order valence-electron chi connectivity index (χ3n) is 1.86. The summed E-state index contributed by atoms with van der Waals surface area (Å²) in [6, 6.07) is 7.70. The summed E-state index contributed by atoms with van der Waals surface area (Å²) in [5.74, 6) is 0.310. The highest BCUT2D eigenvalue weighted by Crippen LogP contribution is 2.19. The number of ether oxygens (including phenoxy) is 1. The zero-order valence-corrected chi connectivity index (χ0v) is 8.32. The lowest BCUT2D eigenvalue weighted by Gasteiger charge is -2.08. The van der Waals surface area contributed by atoms with Gasteiger partial charge in [0.25, 0.3) is 5.91 Å². The summed E-state index contributed by atoms with van der Waals surface area (Å²) in [4.78, 5) is 10.5. The minimum Gasteiger partial charge on any atom is -0.484 e. The lowest BCUT2D eigenvalue weighted by molar-refractivity contribution is -0.119. The van der Waals surface area contributed by atoms with Crippen molar-refractivity contribution in [1.29, 1.82) is 0 Å². The van der Waals surface area contributed by atoms with E-state index < -0.39 is 5.91 Å². The van der Waals surface area contributed by atoms with E-state index >= 15 is 0 Å². The maximum absolute atomic E-state index is 10.5. The number of para-hydroxylation sites is 1. The van der Waals surface area contributed by atoms with Crippen LogP contribution >= 0.6 is 0 Å². The maximum atomic E-state index is 10.5. The largest absolute Gasteiger partial charge is 0.484 e. The van der Waals surface area contributed by atoms with Gasteiger partial charge in [0, 0.05) is 0 Å². The van der Waals surface area contributed by atoms with Gasteiger partial charge in [-0.25, -0.2) is 0 Å². The monoisotopic (exact) mass is 193 g/mol. The first-order valence-corrected chi connectivity index (χ1v) is 4.73. The zero-order chi connectivity index (χ0) is 10.4. The number of hydrogen-bond donors (Lipinski definition) is 1. The molecule has 3 heteroatoms. The minimum atomic E-state index is -0.448. The van der Waals surface area contributed by atoms with E-state index in [1.807, 2.05) is 24.3 Å². The third-order valence-corrected chi connectivity index (χ3v) is 1.86. The van der Waals surface area contributed by atoms with Crippen LogP contribution in [0, 0.1) is 0 Å². The molecule has 2 N–H and O–H groups in total. The highest BCUT2D eigenvalue weighted by molar-refractivity contribution is 5.75. The molecule has 1 aromatic rings. The molecule has 0 radical (unpaired) electrons. The number of carbonyl (C=O) groups excluding carboxylic acids is 1. The Morgan fingerprint density at radius 2 is 2.14 bits per heavy atom. The van der Waals surface area contributed by atoms with Crippen LogP contribution in [0.25, 0.3) is 0 Å². The van der Waals surface area contributed by atoms with Gasteiger partial charge in [-0.05, 0) is 18.1 Å². The Labute approximate surface area is 83.9 Å². The number of benzene rings is 1. The predicted molar refractivity (Wildman–Crippen MR) is 55.1 cm³/mol. The standard InChI is InChI=1S/C11H15NO2/c1-2-5-9-6-3-4-7-10(9)14-8-11(12)13/h3-4,6-7H,2,5,8H2,1H3,(H2,12,13). The summed E-state index contributed by atoms with van der Waals surface area (Å²) < 4.78 is 5.28. The van der Waals surface area contributed by atoms with E-state index in [-0.39, 0.29) is 6.61 Å². The van der Waals surface area contributed by atoms with Gasteiger partial charge < -0.3 is 10.5 Å². The molecule has 0 saturated heterocycles. The molecular formula is C11H15NO2. The summed E-state index contributed by atoms with van der Waals surface area (Å²) in [5, 5.41) is 0. The molecule has 1 amide bonds. The van der Waals surface area contributed by atoms with Crippen LogP contribution in [0.5, 0.6) is 5.75 Å². The average molecular weight is 193 g/mol. The number of carbonyl (C=O) groups is 1. The van der Waals surface area contributed by atoms with Crippen LogP contribution < -0.4 is 10.5 Å². The van der Waals surface area contributed by atoms with Crippen molar-refractivity contribution in [1.82, 2.24) is 0 Å². The SMILES string of the molecule is CCCc1ccccc1OCC(N)=O. The Morgan fingerprint density at radius 3 is 2.79 bits per heavy atom. The van der Waals surface area contributed by atoms with Gasteiger partial charge in [0.1, 0.15) is 5.75 Å². The molecule has 1 aromatic carbocycles. The Morgan fingerprint density at radius 1 is 1.43 bits per heavy atom. The Hall–Kier alpha value is -1.51. The molecule has 3 nitrogen and oxygen atoms in total. The molecule has 0 atom stereocenters. The molecule has 0 aliphatic rings. The van der Waals surface area contributed by atoms with Gasteiger partial charge in [0.15, 0.2) is 6.61 Å². The fourth-order valence-electron chi connectivity index (χ4n) is 1.27. The van der Waals surface area contributed by atoms with Crippen LogP contribution in [0.15, 0.2) is 24.3 Å². The van der Waals surface area contributed by atoms with Crippen LogP contribution in [-0.4, -0.2) is 12.5 Å². The molecule has 0 aliphatic carbocycles. The van der Waals surface area contributed by atoms with Gasteiger partial charge in [-0.3, -0.25) is 4.79 Å². The van der Waals surface area contributed by atoms with Crippen molar-refractivity contribution < 1.29 is 9.53 Å². The molecule has 0 unspecified atom stereocenters. The van der Waals surface area contributed by atoms with Gasteiger partial charge >= 0.3 is 0 Å². The molecule has 0 aliphatic heterocycles. The maximum Gasteiger partial charge on any atom is 0.255 e. The summed E-state index contributed by atoms with van der Waals surface area (Å²) in [7, 11) is 0. The van der Waals surface area contributed by atoms with Crippen molar-refractivity contribution in [2.75, 3.05) is 6.61 Å². The van der Waals surface area contributed by atoms with E-state index in [1.54, 1.807) is 0 Å². The van der Waals surface area contributed by atoms with E-state index in [0.29, 0.717) is 0 Å². The fraction of sp³-hybridized carbons (Fsp3) is 0.364. The van der Waals surface area contributed by atoms with Gasteiger partial charge in [-0.15, -0.1) is 0 Å². The van der Waals surface area contributed by atoms with Gasteiger partial charge in [0.2, 0.25) is 0 Å². The smallest absolute Gasteiger partial charge is 0.255 e. The molecule has 0 bridgehead atoms. The molecular weight excluding hydrogens is 178 g/mol. The van der Waals surface area contributed by atoms with Crippen molar-refractivity contribution in [2.45, 2.75) is 19.8 Å². The lowest BCUT2D eigenvalue weighted by Crippen LogP contribution is -2.20. The molecule has 0 saturated carbocycles. The second-order valence-corrected chi connectivity index (χ2v) is 3.11. The first kappa shape index (κ1) is 10.6. The van der Waals surface area contributed by atoms with Crippen molar-refractivity contribution in [2.24, 2.45) is 5.73 Å². The molecule has 0 spiro atoms. The summed E-state index contributed by atoms with van der Waals surface area (Å²) in [6.45, 7) is 2.05. The normalized spacial score (nSPS) is 9.79. The number of hydrogen-bond acceptors (Lipinski definition) is 2. The first-order valence-electron chi connectivity index (χ1n) is 4.73. The predicted octanol–water partition coefficient (Wildman–Crippen LogP) is 1.50. The number of rotatable bonds is 5. The van der Waals surface area contributed by atoms with Crippen molar-refractivity contribution in [3.8, 4) is 5.75 Å². The van der Waals surface area contributed by atoms with Crippen LogP contribution in [-0.2, 0) is 11.2 Å². The fourth-order valence-corrected chi connectivity index (χ4v) is 1.27. The van der Waals surface area contributed by atoms with Crippen LogP contribution in [0.4, 0.5) is 0 Å². The Kier molecular flexibility index (Phi) is 3.98. The van der Waals surface area contributed by atoms with Crippen LogP contribution in [0.2, 0.25) is 0 Å². The average Bonchev–Trinajstić information content (AvgIpc) is 2.17. The second kappa shape index (κ2) is 5.27. The molecule has 14 heavy (non-hydrogen) atoms. The summed E-state index contributed by atoms with van der Waals surface area (Å²) >= 11 is 0. The van der Waals surface area contributed by atoms with Crippen molar-refractivity contribution in [3.05, 3.63) is 29.8 Å². The number of aryl methyl sites for hydroxylation is 1. The van der Waals surface area contributed by atoms with E-state index in [2.05, 4.69) is 6.92 Å². The topological polar surface area (TPSA) is 52.3 Å². The highest BCUT2D eigenvalue weighted by atomic mass is 16.5. The van der Waals surface area contributed by atoms with Crippen molar-refractivity contribution in [3.63, 3.8) is 0 Å². The number of nitrogens with two attached hydrogens (primary N) is 1. The molecule has 0 aromatic heterocycles. The number of primary amides is 1. The van der Waals surface area contributed by atoms with Gasteiger partial charge in [-0.2, -0.15) is 0 Å². The quantitative estimate of drug-likeness (QED) is 0.770. The Balaban J connectivity index is 2.68. The molecule has 0 fully saturated rings. The van der Waals surface area contributed by atoms with Crippen LogP contribution in [0.1, 0.15) is 18.9 Å². The zero-order valence-electron chi connectivity index (χ0n) is 8.32. The van der Waals surface area contributed by atoms with E-state index in [9.17, 15) is 4.79 Å². The lowest BCUT2D eigenvalue weighted by atomic mass is 10.1. The first-order chi connectivity index (χ1) is 6.74. The minimum absolute atomic E-state index is 0.0548. The third kappa shape index (κ3) is 3.09. The second-order valence-electron chi connectivity index (χ2n) is 3.11. The van der Waals surface area contributed by atoms with Gasteiger partial charge in [-0.1, -0.05) is 31.5 Å². The number of amides is 1. The summed E-state index contributed by atoms with van der Waals surface area (Å²) in [5.41, 5.74) is 6.12. The van der Waals surface area contributed by atoms with Gasteiger partial charge in [0.05, 0.1) is 0 Å². The highest BCUT2D eigenvalue weighted by Gasteiger charge is 2.02. The van der Waals surface area contributed by atoms with Crippen LogP contribution in [0.3, 0.4) is 0 Å². The van der Waals surface area contributed by atoms with E-state index in [0.717, 1.165) is 24.2 Å². The Bertz CT molecular complexity index is 310. The molecule has 0 heterocycles. The van der Waals surface area contributed by atoms with E-state index in [4.69, 9.17) is 10.5 Å². The molecule has 76 valence electrons. The van der Waals surface area contributed by atoms with Crippen molar-refractivity contribution >= 4 is 5.91 Å². The molecule has 1 rings (SSSR count). The van der Waals surface area contributed by atoms with E-state index in [1.165, 1.54) is 0 Å².